The maximum absolute atomic E-state index is 12.3. The van der Waals surface area contributed by atoms with Crippen LogP contribution in [0.3, 0.4) is 0 Å². The van der Waals surface area contributed by atoms with E-state index in [-0.39, 0.29) is 11.8 Å². The van der Waals surface area contributed by atoms with Crippen molar-refractivity contribution in [3.8, 4) is 11.1 Å². The van der Waals surface area contributed by atoms with Crippen molar-refractivity contribution in [2.75, 3.05) is 32.5 Å². The van der Waals surface area contributed by atoms with Gasteiger partial charge in [-0.1, -0.05) is 44.2 Å². The van der Waals surface area contributed by atoms with E-state index in [0.717, 1.165) is 47.8 Å². The molecule has 164 valence electrons. The summed E-state index contributed by atoms with van der Waals surface area (Å²) in [6.07, 6.45) is 1.86. The van der Waals surface area contributed by atoms with Crippen LogP contribution in [0.5, 0.6) is 0 Å². The van der Waals surface area contributed by atoms with Crippen molar-refractivity contribution < 1.29 is 4.79 Å². The standard InChI is InChI=1S/C24H31N5OS/c1-16(2)24(30)29-12-10-18(11-13-29)25-22-21-19(17-8-6-5-7-9-17)15-31-23(21)27-20(26-22)14-28(3)4/h5-9,15-16,18H,10-14H2,1-4H3,(H,25,26,27). The van der Waals surface area contributed by atoms with Gasteiger partial charge in [0.25, 0.3) is 0 Å². The number of anilines is 1. The number of carbonyl (C=O) groups is 1. The zero-order valence-corrected chi connectivity index (χ0v) is 19.6. The summed E-state index contributed by atoms with van der Waals surface area (Å²) in [6, 6.07) is 10.7. The molecule has 0 bridgehead atoms. The van der Waals surface area contributed by atoms with Gasteiger partial charge in [-0.2, -0.15) is 0 Å². The zero-order valence-electron chi connectivity index (χ0n) is 18.8. The Labute approximate surface area is 188 Å². The molecule has 0 radical (unpaired) electrons. The van der Waals surface area contributed by atoms with E-state index in [0.29, 0.717) is 12.6 Å². The number of likely N-dealkylation sites (tertiary alicyclic amines) is 1. The average molecular weight is 438 g/mol. The molecule has 0 spiro atoms. The minimum Gasteiger partial charge on any atom is -0.367 e. The predicted octanol–water partition coefficient (Wildman–Crippen LogP) is 4.48. The van der Waals surface area contributed by atoms with Crippen LogP contribution in [0.4, 0.5) is 5.82 Å². The van der Waals surface area contributed by atoms with Gasteiger partial charge < -0.3 is 15.1 Å². The third kappa shape index (κ3) is 4.88. The molecule has 1 saturated heterocycles. The van der Waals surface area contributed by atoms with Gasteiger partial charge >= 0.3 is 0 Å². The Hall–Kier alpha value is -2.51. The molecule has 1 aliphatic rings. The molecule has 2 aromatic heterocycles. The summed E-state index contributed by atoms with van der Waals surface area (Å²) in [5, 5.41) is 7.00. The lowest BCUT2D eigenvalue weighted by Gasteiger charge is -2.33. The molecule has 4 rings (SSSR count). The first-order chi connectivity index (χ1) is 14.9. The highest BCUT2D eigenvalue weighted by molar-refractivity contribution is 7.17. The molecule has 0 aliphatic carbocycles. The Morgan fingerprint density at radius 1 is 1.19 bits per heavy atom. The Morgan fingerprint density at radius 2 is 1.90 bits per heavy atom. The van der Waals surface area contributed by atoms with Gasteiger partial charge in [-0.25, -0.2) is 9.97 Å². The van der Waals surface area contributed by atoms with E-state index in [1.165, 1.54) is 11.1 Å². The molecule has 1 aliphatic heterocycles. The maximum atomic E-state index is 12.3. The second kappa shape index (κ2) is 9.32. The highest BCUT2D eigenvalue weighted by Crippen LogP contribution is 2.37. The second-order valence-corrected chi connectivity index (χ2v) is 9.68. The van der Waals surface area contributed by atoms with E-state index in [2.05, 4.69) is 39.9 Å². The molecule has 0 atom stereocenters. The summed E-state index contributed by atoms with van der Waals surface area (Å²) >= 11 is 1.67. The number of rotatable bonds is 6. The molecule has 3 heterocycles. The normalized spacial score (nSPS) is 15.2. The highest BCUT2D eigenvalue weighted by atomic mass is 32.1. The van der Waals surface area contributed by atoms with Crippen molar-refractivity contribution in [3.63, 3.8) is 0 Å². The fourth-order valence-electron chi connectivity index (χ4n) is 4.08. The van der Waals surface area contributed by atoms with Crippen LogP contribution in [0.25, 0.3) is 21.3 Å². The van der Waals surface area contributed by atoms with Crippen LogP contribution in [0.2, 0.25) is 0 Å². The first kappa shape index (κ1) is 21.7. The molecule has 7 heteroatoms. The fraction of sp³-hybridized carbons (Fsp3) is 0.458. The maximum Gasteiger partial charge on any atom is 0.225 e. The van der Waals surface area contributed by atoms with Gasteiger partial charge in [-0.3, -0.25) is 4.79 Å². The van der Waals surface area contributed by atoms with E-state index in [1.807, 2.05) is 38.9 Å². The average Bonchev–Trinajstić information content (AvgIpc) is 3.18. The quantitative estimate of drug-likeness (QED) is 0.616. The molecular formula is C24H31N5OS. The van der Waals surface area contributed by atoms with Gasteiger partial charge in [0.05, 0.1) is 11.9 Å². The predicted molar refractivity (Wildman–Crippen MR) is 128 cm³/mol. The molecule has 1 fully saturated rings. The number of benzene rings is 1. The SMILES string of the molecule is CC(C)C(=O)N1CCC(Nc2nc(CN(C)C)nc3scc(-c4ccccc4)c23)CC1. The Balaban J connectivity index is 1.64. The monoisotopic (exact) mass is 437 g/mol. The molecule has 0 saturated carbocycles. The van der Waals surface area contributed by atoms with E-state index in [1.54, 1.807) is 11.3 Å². The van der Waals surface area contributed by atoms with Crippen molar-refractivity contribution >= 4 is 33.3 Å². The van der Waals surface area contributed by atoms with Crippen LogP contribution in [0, 0.1) is 5.92 Å². The number of fused-ring (bicyclic) bond motifs is 1. The van der Waals surface area contributed by atoms with E-state index < -0.39 is 0 Å². The summed E-state index contributed by atoms with van der Waals surface area (Å²) < 4.78 is 0. The van der Waals surface area contributed by atoms with E-state index >= 15 is 0 Å². The van der Waals surface area contributed by atoms with Gasteiger partial charge in [0.15, 0.2) is 0 Å². The minimum atomic E-state index is 0.0545. The van der Waals surface area contributed by atoms with Crippen LogP contribution in [-0.4, -0.2) is 58.9 Å². The van der Waals surface area contributed by atoms with Crippen molar-refractivity contribution in [2.24, 2.45) is 5.92 Å². The van der Waals surface area contributed by atoms with Crippen LogP contribution >= 0.6 is 11.3 Å². The largest absolute Gasteiger partial charge is 0.367 e. The first-order valence-electron chi connectivity index (χ1n) is 11.0. The molecule has 3 aromatic rings. The number of carbonyl (C=O) groups excluding carboxylic acids is 1. The second-order valence-electron chi connectivity index (χ2n) is 8.82. The Kier molecular flexibility index (Phi) is 6.53. The molecule has 31 heavy (non-hydrogen) atoms. The molecule has 6 nitrogen and oxygen atoms in total. The lowest BCUT2D eigenvalue weighted by molar-refractivity contribution is -0.135. The number of amides is 1. The van der Waals surface area contributed by atoms with Gasteiger partial charge in [0.2, 0.25) is 5.91 Å². The summed E-state index contributed by atoms with van der Waals surface area (Å²) in [5.41, 5.74) is 2.35. The number of hydrogen-bond donors (Lipinski definition) is 1. The smallest absolute Gasteiger partial charge is 0.225 e. The lowest BCUT2D eigenvalue weighted by atomic mass is 10.0. The van der Waals surface area contributed by atoms with Gasteiger partial charge in [0, 0.05) is 36.0 Å². The number of hydrogen-bond acceptors (Lipinski definition) is 6. The third-order valence-electron chi connectivity index (χ3n) is 5.66. The van der Waals surface area contributed by atoms with Crippen LogP contribution < -0.4 is 5.32 Å². The minimum absolute atomic E-state index is 0.0545. The number of nitrogens with one attached hydrogen (secondary N) is 1. The van der Waals surface area contributed by atoms with Crippen molar-refractivity contribution in [3.05, 3.63) is 41.5 Å². The Morgan fingerprint density at radius 3 is 2.55 bits per heavy atom. The number of aromatic nitrogens is 2. The summed E-state index contributed by atoms with van der Waals surface area (Å²) in [5.74, 6) is 2.05. The summed E-state index contributed by atoms with van der Waals surface area (Å²) in [4.78, 5) is 27.2. The fourth-order valence-corrected chi connectivity index (χ4v) is 5.04. The molecular weight excluding hydrogens is 406 g/mol. The Bertz CT molecular complexity index is 1040. The van der Waals surface area contributed by atoms with Gasteiger partial charge in [-0.15, -0.1) is 11.3 Å². The topological polar surface area (TPSA) is 61.4 Å². The molecule has 1 N–H and O–H groups in total. The van der Waals surface area contributed by atoms with Crippen LogP contribution in [0.1, 0.15) is 32.5 Å². The van der Waals surface area contributed by atoms with Crippen molar-refractivity contribution in [1.29, 1.82) is 0 Å². The van der Waals surface area contributed by atoms with Crippen LogP contribution in [-0.2, 0) is 11.3 Å². The lowest BCUT2D eigenvalue weighted by Crippen LogP contribution is -2.44. The van der Waals surface area contributed by atoms with Crippen LogP contribution in [0.15, 0.2) is 35.7 Å². The molecule has 1 aromatic carbocycles. The highest BCUT2D eigenvalue weighted by Gasteiger charge is 2.25. The van der Waals surface area contributed by atoms with E-state index in [4.69, 9.17) is 9.97 Å². The first-order valence-corrected chi connectivity index (χ1v) is 11.8. The molecule has 0 unspecified atom stereocenters. The number of thiophene rings is 1. The summed E-state index contributed by atoms with van der Waals surface area (Å²) in [7, 11) is 4.07. The number of piperidine rings is 1. The summed E-state index contributed by atoms with van der Waals surface area (Å²) in [6.45, 7) is 6.23. The van der Waals surface area contributed by atoms with E-state index in [9.17, 15) is 4.79 Å². The third-order valence-corrected chi connectivity index (χ3v) is 6.54. The molecule has 1 amide bonds. The van der Waals surface area contributed by atoms with Gasteiger partial charge in [0.1, 0.15) is 16.5 Å². The van der Waals surface area contributed by atoms with Gasteiger partial charge in [-0.05, 0) is 32.5 Å². The zero-order chi connectivity index (χ0) is 22.0. The van der Waals surface area contributed by atoms with Crippen molar-refractivity contribution in [1.82, 2.24) is 19.8 Å². The van der Waals surface area contributed by atoms with Crippen molar-refractivity contribution in [2.45, 2.75) is 39.3 Å². The number of nitrogens with zero attached hydrogens (tertiary/aromatic N) is 4.